The van der Waals surface area contributed by atoms with Crippen molar-refractivity contribution < 1.29 is 0 Å². The number of hydrogen-bond acceptors (Lipinski definition) is 5. The van der Waals surface area contributed by atoms with Gasteiger partial charge in [0.25, 0.3) is 0 Å². The second-order valence-electron chi connectivity index (χ2n) is 6.76. The quantitative estimate of drug-likeness (QED) is 0.885. The molecule has 1 fully saturated rings. The minimum absolute atomic E-state index is 0.582. The minimum Gasteiger partial charge on any atom is -0.354 e. The number of benzene rings is 1. The van der Waals surface area contributed by atoms with E-state index in [0.29, 0.717) is 5.92 Å². The van der Waals surface area contributed by atoms with Gasteiger partial charge in [-0.25, -0.2) is 4.98 Å². The van der Waals surface area contributed by atoms with E-state index in [0.717, 1.165) is 51.0 Å². The summed E-state index contributed by atoms with van der Waals surface area (Å²) in [5, 5.41) is 3.31. The van der Waals surface area contributed by atoms with Gasteiger partial charge in [-0.2, -0.15) is 4.98 Å². The van der Waals surface area contributed by atoms with Gasteiger partial charge < -0.3 is 10.2 Å². The Morgan fingerprint density at radius 1 is 1.04 bits per heavy atom. The Bertz CT molecular complexity index is 621. The van der Waals surface area contributed by atoms with Gasteiger partial charge in [-0.05, 0) is 17.5 Å². The van der Waals surface area contributed by atoms with Gasteiger partial charge in [0.2, 0.25) is 5.95 Å². The molecular weight excluding hydrogens is 298 g/mol. The van der Waals surface area contributed by atoms with Crippen LogP contribution in [0.4, 0.5) is 11.8 Å². The van der Waals surface area contributed by atoms with Crippen molar-refractivity contribution in [3.63, 3.8) is 0 Å². The maximum atomic E-state index is 4.66. The van der Waals surface area contributed by atoms with Crippen LogP contribution in [-0.4, -0.2) is 47.6 Å². The molecule has 1 aliphatic heterocycles. The van der Waals surface area contributed by atoms with Crippen molar-refractivity contribution in [1.29, 1.82) is 0 Å². The lowest BCUT2D eigenvalue weighted by Crippen LogP contribution is -2.46. The zero-order valence-corrected chi connectivity index (χ0v) is 14.7. The zero-order chi connectivity index (χ0) is 16.8. The van der Waals surface area contributed by atoms with Crippen LogP contribution >= 0.6 is 0 Å². The van der Waals surface area contributed by atoms with Crippen molar-refractivity contribution in [2.24, 2.45) is 5.92 Å². The lowest BCUT2D eigenvalue weighted by atomic mass is 10.2. The molecule has 1 saturated heterocycles. The van der Waals surface area contributed by atoms with Crippen LogP contribution in [-0.2, 0) is 6.54 Å². The van der Waals surface area contributed by atoms with Gasteiger partial charge in [-0.15, -0.1) is 0 Å². The van der Waals surface area contributed by atoms with Crippen molar-refractivity contribution in [1.82, 2.24) is 14.9 Å². The minimum atomic E-state index is 0.582. The molecule has 0 bridgehead atoms. The Labute approximate surface area is 144 Å². The van der Waals surface area contributed by atoms with Crippen molar-refractivity contribution in [2.45, 2.75) is 20.4 Å². The number of nitrogens with zero attached hydrogens (tertiary/aromatic N) is 4. The molecule has 1 N–H and O–H groups in total. The van der Waals surface area contributed by atoms with E-state index < -0.39 is 0 Å². The Balaban J connectivity index is 1.53. The third kappa shape index (κ3) is 4.68. The molecule has 0 unspecified atom stereocenters. The van der Waals surface area contributed by atoms with E-state index in [9.17, 15) is 0 Å². The predicted molar refractivity (Wildman–Crippen MR) is 99.3 cm³/mol. The number of nitrogens with one attached hydrogen (secondary N) is 1. The standard InChI is InChI=1S/C19H27N5/c1-16(2)14-21-19-20-9-8-18(22-19)24-12-10-23(11-13-24)15-17-6-4-3-5-7-17/h3-9,16H,10-15H2,1-2H3,(H,20,21,22). The SMILES string of the molecule is CC(C)CNc1nccc(N2CCN(Cc3ccccc3)CC2)n1. The molecule has 1 aromatic heterocycles. The summed E-state index contributed by atoms with van der Waals surface area (Å²) in [7, 11) is 0. The first-order valence-corrected chi connectivity index (χ1v) is 8.79. The summed E-state index contributed by atoms with van der Waals surface area (Å²) in [5.41, 5.74) is 1.38. The fourth-order valence-corrected chi connectivity index (χ4v) is 2.88. The molecule has 1 aromatic carbocycles. The van der Waals surface area contributed by atoms with Gasteiger partial charge in [-0.3, -0.25) is 4.90 Å². The number of aromatic nitrogens is 2. The highest BCUT2D eigenvalue weighted by Gasteiger charge is 2.18. The fourth-order valence-electron chi connectivity index (χ4n) is 2.88. The molecular formula is C19H27N5. The summed E-state index contributed by atoms with van der Waals surface area (Å²) in [6, 6.07) is 12.7. The van der Waals surface area contributed by atoms with Gasteiger partial charge >= 0.3 is 0 Å². The third-order valence-electron chi connectivity index (χ3n) is 4.25. The van der Waals surface area contributed by atoms with Gasteiger partial charge in [0.05, 0.1) is 0 Å². The first-order chi connectivity index (χ1) is 11.7. The first kappa shape index (κ1) is 16.7. The van der Waals surface area contributed by atoms with Crippen LogP contribution in [0.3, 0.4) is 0 Å². The summed E-state index contributed by atoms with van der Waals surface area (Å²) in [4.78, 5) is 13.8. The molecule has 128 valence electrons. The number of hydrogen-bond donors (Lipinski definition) is 1. The smallest absolute Gasteiger partial charge is 0.224 e. The molecule has 5 heteroatoms. The summed E-state index contributed by atoms with van der Waals surface area (Å²) in [5.74, 6) is 2.34. The molecule has 5 nitrogen and oxygen atoms in total. The van der Waals surface area contributed by atoms with Crippen molar-refractivity contribution in [3.05, 3.63) is 48.2 Å². The number of piperazine rings is 1. The topological polar surface area (TPSA) is 44.3 Å². The lowest BCUT2D eigenvalue weighted by molar-refractivity contribution is 0.249. The Kier molecular flexibility index (Phi) is 5.64. The molecule has 3 rings (SSSR count). The van der Waals surface area contributed by atoms with E-state index >= 15 is 0 Å². The van der Waals surface area contributed by atoms with Crippen LogP contribution in [0.2, 0.25) is 0 Å². The van der Waals surface area contributed by atoms with Crippen molar-refractivity contribution >= 4 is 11.8 Å². The molecule has 1 aliphatic rings. The van der Waals surface area contributed by atoms with E-state index in [1.54, 1.807) is 0 Å². The fraction of sp³-hybridized carbons (Fsp3) is 0.474. The Morgan fingerprint density at radius 3 is 2.50 bits per heavy atom. The summed E-state index contributed by atoms with van der Waals surface area (Å²) in [6.07, 6.45) is 1.85. The monoisotopic (exact) mass is 325 g/mol. The van der Waals surface area contributed by atoms with E-state index in [-0.39, 0.29) is 0 Å². The second kappa shape index (κ2) is 8.11. The molecule has 0 aliphatic carbocycles. The first-order valence-electron chi connectivity index (χ1n) is 8.79. The highest BCUT2D eigenvalue weighted by atomic mass is 15.3. The molecule has 0 atom stereocenters. The van der Waals surface area contributed by atoms with Gasteiger partial charge in [0, 0.05) is 45.5 Å². The largest absolute Gasteiger partial charge is 0.354 e. The highest BCUT2D eigenvalue weighted by molar-refractivity contribution is 5.43. The summed E-state index contributed by atoms with van der Waals surface area (Å²) < 4.78 is 0. The number of rotatable bonds is 6. The second-order valence-corrected chi connectivity index (χ2v) is 6.76. The van der Waals surface area contributed by atoms with Gasteiger partial charge in [0.15, 0.2) is 0 Å². The molecule has 0 radical (unpaired) electrons. The van der Waals surface area contributed by atoms with Crippen LogP contribution in [0, 0.1) is 5.92 Å². The summed E-state index contributed by atoms with van der Waals surface area (Å²) >= 11 is 0. The van der Waals surface area contributed by atoms with E-state index in [4.69, 9.17) is 0 Å². The normalized spacial score (nSPS) is 15.7. The Hall–Kier alpha value is -2.14. The zero-order valence-electron chi connectivity index (χ0n) is 14.7. The number of anilines is 2. The average molecular weight is 325 g/mol. The molecule has 0 spiro atoms. The predicted octanol–water partition coefficient (Wildman–Crippen LogP) is 2.87. The van der Waals surface area contributed by atoms with Gasteiger partial charge in [-0.1, -0.05) is 44.2 Å². The summed E-state index contributed by atoms with van der Waals surface area (Å²) in [6.45, 7) is 10.4. The van der Waals surface area contributed by atoms with Crippen molar-refractivity contribution in [3.8, 4) is 0 Å². The lowest BCUT2D eigenvalue weighted by Gasteiger charge is -2.35. The molecule has 24 heavy (non-hydrogen) atoms. The van der Waals surface area contributed by atoms with Crippen LogP contribution < -0.4 is 10.2 Å². The molecule has 0 amide bonds. The van der Waals surface area contributed by atoms with Crippen LogP contribution in [0.15, 0.2) is 42.6 Å². The molecule has 2 heterocycles. The average Bonchev–Trinajstić information content (AvgIpc) is 2.62. The van der Waals surface area contributed by atoms with E-state index in [2.05, 4.69) is 69.3 Å². The highest BCUT2D eigenvalue weighted by Crippen LogP contribution is 2.16. The maximum Gasteiger partial charge on any atom is 0.224 e. The maximum absolute atomic E-state index is 4.66. The molecule has 2 aromatic rings. The van der Waals surface area contributed by atoms with Crippen LogP contribution in [0.5, 0.6) is 0 Å². The van der Waals surface area contributed by atoms with Gasteiger partial charge in [0.1, 0.15) is 5.82 Å². The van der Waals surface area contributed by atoms with Crippen molar-refractivity contribution in [2.75, 3.05) is 42.9 Å². The third-order valence-corrected chi connectivity index (χ3v) is 4.25. The molecule has 0 saturated carbocycles. The van der Waals surface area contributed by atoms with Crippen LogP contribution in [0.1, 0.15) is 19.4 Å². The van der Waals surface area contributed by atoms with E-state index in [1.807, 2.05) is 12.3 Å². The van der Waals surface area contributed by atoms with Crippen LogP contribution in [0.25, 0.3) is 0 Å². The Morgan fingerprint density at radius 2 is 1.79 bits per heavy atom. The van der Waals surface area contributed by atoms with E-state index in [1.165, 1.54) is 5.56 Å².